The van der Waals surface area contributed by atoms with Crippen molar-refractivity contribution in [2.45, 2.75) is 32.8 Å². The molecule has 4 aromatic rings. The number of fused-ring (bicyclic) bond motifs is 1. The maximum absolute atomic E-state index is 6.21. The lowest BCUT2D eigenvalue weighted by molar-refractivity contribution is 0.130. The normalized spacial score (nSPS) is 13.9. The zero-order valence-corrected chi connectivity index (χ0v) is 24.7. The summed E-state index contributed by atoms with van der Waals surface area (Å²) < 4.78 is 11.7. The molecule has 0 radical (unpaired) electrons. The molecule has 1 aliphatic heterocycles. The van der Waals surface area contributed by atoms with E-state index in [1.165, 1.54) is 25.9 Å². The predicted octanol–water partition coefficient (Wildman–Crippen LogP) is 7.49. The van der Waals surface area contributed by atoms with Crippen molar-refractivity contribution in [1.29, 1.82) is 0 Å². The van der Waals surface area contributed by atoms with Crippen molar-refractivity contribution < 1.29 is 14.3 Å². The monoisotopic (exact) mass is 593 g/mol. The van der Waals surface area contributed by atoms with Crippen molar-refractivity contribution in [3.05, 3.63) is 82.1 Å². The summed E-state index contributed by atoms with van der Waals surface area (Å²) in [5, 5.41) is 9.60. The molecule has 8 nitrogen and oxygen atoms in total. The van der Waals surface area contributed by atoms with Gasteiger partial charge in [0.05, 0.1) is 24.9 Å². The third-order valence-corrected chi connectivity index (χ3v) is 7.58. The Morgan fingerprint density at radius 1 is 1.00 bits per heavy atom. The minimum Gasteiger partial charge on any atom is -0.493 e. The minimum atomic E-state index is 0.253. The van der Waals surface area contributed by atoms with Crippen LogP contribution in [0.5, 0.6) is 11.5 Å². The van der Waals surface area contributed by atoms with Crippen molar-refractivity contribution >= 4 is 51.3 Å². The third kappa shape index (κ3) is 7.58. The van der Waals surface area contributed by atoms with Gasteiger partial charge in [-0.05, 0) is 75.2 Å². The molecule has 0 spiro atoms. The molecule has 41 heavy (non-hydrogen) atoms. The van der Waals surface area contributed by atoms with Gasteiger partial charge >= 0.3 is 0 Å². The van der Waals surface area contributed by atoms with Crippen LogP contribution in [0.1, 0.15) is 37.3 Å². The van der Waals surface area contributed by atoms with Crippen LogP contribution in [-0.2, 0) is 11.4 Å². The van der Waals surface area contributed by atoms with Crippen LogP contribution >= 0.6 is 23.2 Å². The van der Waals surface area contributed by atoms with E-state index in [0.29, 0.717) is 34.0 Å². The van der Waals surface area contributed by atoms with Crippen LogP contribution in [-0.4, -0.2) is 53.9 Å². The number of methoxy groups -OCH3 is 1. The number of oxime groups is 1. The summed E-state index contributed by atoms with van der Waals surface area (Å²) in [5.74, 6) is 2.01. The molecule has 0 unspecified atom stereocenters. The topological polar surface area (TPSA) is 81.1 Å². The molecule has 3 aromatic carbocycles. The molecule has 1 aromatic heterocycles. The van der Waals surface area contributed by atoms with Gasteiger partial charge in [0.1, 0.15) is 18.8 Å². The molecular formula is C31H33Cl2N5O3. The Balaban J connectivity index is 1.22. The highest BCUT2D eigenvalue weighted by Gasteiger charge is 2.14. The standard InChI is InChI=1S/C31H33Cl2N5O3/c1-21(37-41-19-23-6-9-24(32)16-27(23)33)22-7-10-25(11-8-22)36-31-26-17-29(39-2)30(18-28(26)34-20-35-31)40-15-5-14-38-12-3-4-13-38/h6-11,16-18,20H,3-5,12-15,19H2,1-2H3,(H,34,35,36). The maximum atomic E-state index is 6.21. The van der Waals surface area contributed by atoms with Gasteiger partial charge in [-0.25, -0.2) is 9.97 Å². The molecule has 1 saturated heterocycles. The van der Waals surface area contributed by atoms with Crippen LogP contribution < -0.4 is 14.8 Å². The minimum absolute atomic E-state index is 0.253. The first-order chi connectivity index (χ1) is 20.0. The lowest BCUT2D eigenvalue weighted by atomic mass is 10.1. The molecule has 214 valence electrons. The van der Waals surface area contributed by atoms with Gasteiger partial charge in [-0.3, -0.25) is 0 Å². The fraction of sp³-hybridized carbons (Fsp3) is 0.323. The van der Waals surface area contributed by atoms with Crippen LogP contribution in [0.4, 0.5) is 11.5 Å². The Kier molecular flexibility index (Phi) is 9.77. The average molecular weight is 595 g/mol. The number of ether oxygens (including phenoxy) is 2. The molecule has 0 saturated carbocycles. The van der Waals surface area contributed by atoms with Gasteiger partial charge in [0.15, 0.2) is 11.5 Å². The lowest BCUT2D eigenvalue weighted by Gasteiger charge is -2.16. The Labute approximate surface area is 250 Å². The molecule has 10 heteroatoms. The van der Waals surface area contributed by atoms with Crippen molar-refractivity contribution in [3.8, 4) is 11.5 Å². The van der Waals surface area contributed by atoms with Crippen molar-refractivity contribution in [1.82, 2.24) is 14.9 Å². The third-order valence-electron chi connectivity index (χ3n) is 7.00. The van der Waals surface area contributed by atoms with Gasteiger partial charge < -0.3 is 24.5 Å². The van der Waals surface area contributed by atoms with Crippen LogP contribution in [0.3, 0.4) is 0 Å². The summed E-state index contributed by atoms with van der Waals surface area (Å²) in [6, 6.07) is 17.0. The second-order valence-electron chi connectivity index (χ2n) is 9.88. The summed E-state index contributed by atoms with van der Waals surface area (Å²) in [5.41, 5.74) is 4.13. The molecule has 1 N–H and O–H groups in total. The van der Waals surface area contributed by atoms with Gasteiger partial charge in [0, 0.05) is 39.3 Å². The van der Waals surface area contributed by atoms with E-state index in [1.54, 1.807) is 25.6 Å². The fourth-order valence-electron chi connectivity index (χ4n) is 4.73. The first-order valence-electron chi connectivity index (χ1n) is 13.7. The molecule has 1 aliphatic rings. The zero-order chi connectivity index (χ0) is 28.6. The number of rotatable bonds is 12. The number of aromatic nitrogens is 2. The number of halogens is 2. The highest BCUT2D eigenvalue weighted by Crippen LogP contribution is 2.35. The quantitative estimate of drug-likeness (QED) is 0.103. The van der Waals surface area contributed by atoms with Gasteiger partial charge in [-0.2, -0.15) is 0 Å². The van der Waals surface area contributed by atoms with Crippen molar-refractivity contribution in [2.75, 3.05) is 38.7 Å². The van der Waals surface area contributed by atoms with Crippen LogP contribution in [0, 0.1) is 0 Å². The Morgan fingerprint density at radius 3 is 2.56 bits per heavy atom. The fourth-order valence-corrected chi connectivity index (χ4v) is 5.20. The highest BCUT2D eigenvalue weighted by atomic mass is 35.5. The molecule has 2 heterocycles. The van der Waals surface area contributed by atoms with E-state index < -0.39 is 0 Å². The van der Waals surface area contributed by atoms with Crippen LogP contribution in [0.25, 0.3) is 10.9 Å². The maximum Gasteiger partial charge on any atom is 0.163 e. The largest absolute Gasteiger partial charge is 0.493 e. The smallest absolute Gasteiger partial charge is 0.163 e. The molecule has 0 atom stereocenters. The first-order valence-corrected chi connectivity index (χ1v) is 14.4. The predicted molar refractivity (Wildman–Crippen MR) is 165 cm³/mol. The highest BCUT2D eigenvalue weighted by molar-refractivity contribution is 6.35. The van der Waals surface area contributed by atoms with Gasteiger partial charge in [0.2, 0.25) is 0 Å². The summed E-state index contributed by atoms with van der Waals surface area (Å²) in [6.07, 6.45) is 5.11. The van der Waals surface area contributed by atoms with E-state index in [-0.39, 0.29) is 6.61 Å². The number of anilines is 2. The Morgan fingerprint density at radius 2 is 1.80 bits per heavy atom. The van der Waals surface area contributed by atoms with Crippen molar-refractivity contribution in [3.63, 3.8) is 0 Å². The number of hydrogen-bond donors (Lipinski definition) is 1. The van der Waals surface area contributed by atoms with E-state index in [0.717, 1.165) is 46.4 Å². The van der Waals surface area contributed by atoms with Crippen molar-refractivity contribution in [2.24, 2.45) is 5.16 Å². The first kappa shape index (κ1) is 28.9. The lowest BCUT2D eigenvalue weighted by Crippen LogP contribution is -2.21. The van der Waals surface area contributed by atoms with E-state index in [2.05, 4.69) is 25.3 Å². The molecule has 5 rings (SSSR count). The second-order valence-corrected chi connectivity index (χ2v) is 10.7. The molecule has 0 amide bonds. The van der Waals surface area contributed by atoms with Crippen LogP contribution in [0.2, 0.25) is 10.0 Å². The van der Waals surface area contributed by atoms with Crippen LogP contribution in [0.15, 0.2) is 66.1 Å². The Bertz CT molecular complexity index is 1510. The number of benzene rings is 3. The summed E-state index contributed by atoms with van der Waals surface area (Å²) in [6.45, 7) is 6.21. The van der Waals surface area contributed by atoms with Gasteiger partial charge in [-0.15, -0.1) is 0 Å². The molecule has 0 aliphatic carbocycles. The Hall–Kier alpha value is -3.59. The van der Waals surface area contributed by atoms with Gasteiger partial charge in [-0.1, -0.05) is 46.6 Å². The summed E-state index contributed by atoms with van der Waals surface area (Å²) in [4.78, 5) is 17.0. The zero-order valence-electron chi connectivity index (χ0n) is 23.2. The molecule has 0 bridgehead atoms. The number of nitrogens with zero attached hydrogens (tertiary/aromatic N) is 4. The molecule has 1 fully saturated rings. The van der Waals surface area contributed by atoms with E-state index in [1.807, 2.05) is 49.4 Å². The SMILES string of the molecule is COc1cc2c(Nc3ccc(C(C)=NOCc4ccc(Cl)cc4Cl)cc3)ncnc2cc1OCCCN1CCCC1. The number of hydrogen-bond acceptors (Lipinski definition) is 8. The van der Waals surface area contributed by atoms with E-state index >= 15 is 0 Å². The van der Waals surface area contributed by atoms with E-state index in [9.17, 15) is 0 Å². The van der Waals surface area contributed by atoms with E-state index in [4.69, 9.17) is 37.5 Å². The summed E-state index contributed by atoms with van der Waals surface area (Å²) >= 11 is 12.2. The molecular weight excluding hydrogens is 561 g/mol. The van der Waals surface area contributed by atoms with Gasteiger partial charge in [0.25, 0.3) is 0 Å². The number of nitrogens with one attached hydrogen (secondary N) is 1. The summed E-state index contributed by atoms with van der Waals surface area (Å²) in [7, 11) is 1.64. The second kappa shape index (κ2) is 13.9. The average Bonchev–Trinajstić information content (AvgIpc) is 3.50. The number of likely N-dealkylation sites (tertiary alicyclic amines) is 1.